The van der Waals surface area contributed by atoms with Crippen LogP contribution in [0.4, 0.5) is 0 Å². The van der Waals surface area contributed by atoms with Crippen molar-refractivity contribution in [2.24, 2.45) is 5.73 Å². The summed E-state index contributed by atoms with van der Waals surface area (Å²) in [6, 6.07) is 8.75. The molecule has 0 amide bonds. The van der Waals surface area contributed by atoms with Crippen molar-refractivity contribution < 1.29 is 0 Å². The Labute approximate surface area is 104 Å². The fraction of sp³-hybridized carbons (Fsp3) is 0.571. The Balaban J connectivity index is 2.47. The number of aryl methyl sites for hydroxylation is 1. The first-order valence-electron chi connectivity index (χ1n) is 6.12. The highest BCUT2D eigenvalue weighted by Crippen LogP contribution is 2.22. The molecule has 0 radical (unpaired) electrons. The van der Waals surface area contributed by atoms with Crippen LogP contribution in [0.5, 0.6) is 0 Å². The maximum Gasteiger partial charge on any atom is -0.000823 e. The van der Waals surface area contributed by atoms with Gasteiger partial charge in [0.2, 0.25) is 0 Å². The lowest BCUT2D eigenvalue weighted by Gasteiger charge is -2.15. The predicted molar refractivity (Wildman–Crippen MR) is 75.2 cm³/mol. The van der Waals surface area contributed by atoms with Crippen molar-refractivity contribution in [3.05, 3.63) is 35.4 Å². The molecular weight excluding hydrogens is 214 g/mol. The molecular formula is C14H23NS. The molecule has 90 valence electrons. The molecule has 1 aromatic rings. The van der Waals surface area contributed by atoms with E-state index in [4.69, 9.17) is 5.73 Å². The quantitative estimate of drug-likeness (QED) is 0.734. The van der Waals surface area contributed by atoms with Gasteiger partial charge in [0.05, 0.1) is 0 Å². The van der Waals surface area contributed by atoms with Crippen molar-refractivity contribution in [1.82, 2.24) is 0 Å². The second-order valence-electron chi connectivity index (χ2n) is 4.19. The zero-order chi connectivity index (χ0) is 11.8. The summed E-state index contributed by atoms with van der Waals surface area (Å²) in [5, 5.41) is 0. The van der Waals surface area contributed by atoms with Crippen molar-refractivity contribution in [3.8, 4) is 0 Å². The molecule has 1 atom stereocenters. The number of benzene rings is 1. The Bertz CT molecular complexity index is 299. The summed E-state index contributed by atoms with van der Waals surface area (Å²) >= 11 is 2.02. The van der Waals surface area contributed by atoms with Gasteiger partial charge >= 0.3 is 0 Å². The minimum atomic E-state index is 0.539. The molecule has 0 heterocycles. The topological polar surface area (TPSA) is 26.0 Å². The third-order valence-electron chi connectivity index (χ3n) is 2.84. The van der Waals surface area contributed by atoms with Gasteiger partial charge in [-0.05, 0) is 49.3 Å². The summed E-state index contributed by atoms with van der Waals surface area (Å²) in [5.74, 6) is 3.02. The molecule has 1 nitrogen and oxygen atoms in total. The normalized spacial score (nSPS) is 12.7. The van der Waals surface area contributed by atoms with Crippen LogP contribution in [-0.2, 0) is 0 Å². The number of hydrogen-bond donors (Lipinski definition) is 1. The van der Waals surface area contributed by atoms with Crippen LogP contribution in [-0.4, -0.2) is 18.1 Å². The van der Waals surface area contributed by atoms with Crippen LogP contribution in [0.25, 0.3) is 0 Å². The minimum Gasteiger partial charge on any atom is -0.330 e. The Morgan fingerprint density at radius 1 is 1.38 bits per heavy atom. The molecule has 1 unspecified atom stereocenters. The van der Waals surface area contributed by atoms with E-state index in [-0.39, 0.29) is 0 Å². The Morgan fingerprint density at radius 3 is 2.81 bits per heavy atom. The molecule has 0 aliphatic heterocycles. The highest BCUT2D eigenvalue weighted by molar-refractivity contribution is 7.99. The maximum absolute atomic E-state index is 5.86. The molecule has 0 saturated heterocycles. The maximum atomic E-state index is 5.86. The SMILES string of the molecule is CCSCCCC(CN)c1cccc(C)c1. The molecule has 0 aliphatic rings. The summed E-state index contributed by atoms with van der Waals surface area (Å²) in [7, 11) is 0. The van der Waals surface area contributed by atoms with Crippen molar-refractivity contribution in [2.45, 2.75) is 32.6 Å². The van der Waals surface area contributed by atoms with Gasteiger partial charge in [0.1, 0.15) is 0 Å². The van der Waals surface area contributed by atoms with E-state index in [1.165, 1.54) is 35.5 Å². The Hall–Kier alpha value is -0.470. The van der Waals surface area contributed by atoms with Crippen molar-refractivity contribution in [3.63, 3.8) is 0 Å². The van der Waals surface area contributed by atoms with E-state index in [1.54, 1.807) is 0 Å². The average Bonchev–Trinajstić information content (AvgIpc) is 2.29. The number of nitrogens with two attached hydrogens (primary N) is 1. The lowest BCUT2D eigenvalue weighted by Crippen LogP contribution is -2.13. The molecule has 2 heteroatoms. The first kappa shape index (κ1) is 13.6. The van der Waals surface area contributed by atoms with E-state index in [9.17, 15) is 0 Å². The van der Waals surface area contributed by atoms with Crippen molar-refractivity contribution in [2.75, 3.05) is 18.1 Å². The number of thioether (sulfide) groups is 1. The standard InChI is InChI=1S/C14H23NS/c1-3-16-9-5-8-14(11-15)13-7-4-6-12(2)10-13/h4,6-7,10,14H,3,5,8-9,11,15H2,1-2H3. The van der Waals surface area contributed by atoms with Gasteiger partial charge < -0.3 is 5.73 Å². The second kappa shape index (κ2) is 7.75. The van der Waals surface area contributed by atoms with Gasteiger partial charge in [-0.2, -0.15) is 11.8 Å². The zero-order valence-corrected chi connectivity index (χ0v) is 11.2. The van der Waals surface area contributed by atoms with E-state index in [2.05, 4.69) is 38.1 Å². The van der Waals surface area contributed by atoms with Crippen LogP contribution in [0.1, 0.15) is 36.8 Å². The molecule has 0 spiro atoms. The highest BCUT2D eigenvalue weighted by Gasteiger charge is 2.09. The van der Waals surface area contributed by atoms with E-state index in [0.29, 0.717) is 5.92 Å². The molecule has 0 aromatic heterocycles. The van der Waals surface area contributed by atoms with Crippen LogP contribution < -0.4 is 5.73 Å². The predicted octanol–water partition coefficient (Wildman–Crippen LogP) is 3.57. The van der Waals surface area contributed by atoms with Crippen molar-refractivity contribution >= 4 is 11.8 Å². The van der Waals surface area contributed by atoms with Crippen LogP contribution in [0.15, 0.2) is 24.3 Å². The molecule has 1 rings (SSSR count). The van der Waals surface area contributed by atoms with E-state index in [1.807, 2.05) is 11.8 Å². The third kappa shape index (κ3) is 4.58. The van der Waals surface area contributed by atoms with E-state index >= 15 is 0 Å². The van der Waals surface area contributed by atoms with E-state index < -0.39 is 0 Å². The molecule has 16 heavy (non-hydrogen) atoms. The van der Waals surface area contributed by atoms with Gasteiger partial charge in [-0.1, -0.05) is 36.8 Å². The zero-order valence-electron chi connectivity index (χ0n) is 10.4. The molecule has 2 N–H and O–H groups in total. The van der Waals surface area contributed by atoms with Gasteiger partial charge in [0.25, 0.3) is 0 Å². The molecule has 0 aliphatic carbocycles. The van der Waals surface area contributed by atoms with Gasteiger partial charge in [0.15, 0.2) is 0 Å². The summed E-state index contributed by atoms with van der Waals surface area (Å²) in [6.45, 7) is 5.12. The van der Waals surface area contributed by atoms with Crippen LogP contribution in [0.2, 0.25) is 0 Å². The first-order valence-corrected chi connectivity index (χ1v) is 7.27. The van der Waals surface area contributed by atoms with Crippen LogP contribution >= 0.6 is 11.8 Å². The average molecular weight is 237 g/mol. The molecule has 0 bridgehead atoms. The van der Waals surface area contributed by atoms with E-state index in [0.717, 1.165) is 6.54 Å². The van der Waals surface area contributed by atoms with Gasteiger partial charge in [-0.25, -0.2) is 0 Å². The van der Waals surface area contributed by atoms with Gasteiger partial charge in [-0.3, -0.25) is 0 Å². The van der Waals surface area contributed by atoms with Crippen LogP contribution in [0.3, 0.4) is 0 Å². The molecule has 0 fully saturated rings. The summed E-state index contributed by atoms with van der Waals surface area (Å²) < 4.78 is 0. The first-order chi connectivity index (χ1) is 7.77. The molecule has 1 aromatic carbocycles. The largest absolute Gasteiger partial charge is 0.330 e. The smallest absolute Gasteiger partial charge is 0.000823 e. The fourth-order valence-electron chi connectivity index (χ4n) is 1.92. The number of rotatable bonds is 7. The molecule has 0 saturated carbocycles. The van der Waals surface area contributed by atoms with Gasteiger partial charge in [0, 0.05) is 0 Å². The summed E-state index contributed by atoms with van der Waals surface area (Å²) in [6.07, 6.45) is 2.49. The lowest BCUT2D eigenvalue weighted by atomic mass is 9.93. The summed E-state index contributed by atoms with van der Waals surface area (Å²) in [4.78, 5) is 0. The van der Waals surface area contributed by atoms with Crippen LogP contribution in [0, 0.1) is 6.92 Å². The Morgan fingerprint density at radius 2 is 2.19 bits per heavy atom. The number of hydrogen-bond acceptors (Lipinski definition) is 2. The van der Waals surface area contributed by atoms with Gasteiger partial charge in [-0.15, -0.1) is 0 Å². The Kier molecular flexibility index (Phi) is 6.58. The third-order valence-corrected chi connectivity index (χ3v) is 3.83. The fourth-order valence-corrected chi connectivity index (χ4v) is 2.58. The monoisotopic (exact) mass is 237 g/mol. The summed E-state index contributed by atoms with van der Waals surface area (Å²) in [5.41, 5.74) is 8.60. The second-order valence-corrected chi connectivity index (χ2v) is 5.58. The van der Waals surface area contributed by atoms with Crippen molar-refractivity contribution in [1.29, 1.82) is 0 Å². The lowest BCUT2D eigenvalue weighted by molar-refractivity contribution is 0.625. The minimum absolute atomic E-state index is 0.539. The highest BCUT2D eigenvalue weighted by atomic mass is 32.2.